The molecule has 1 fully saturated rings. The van der Waals surface area contributed by atoms with Crippen LogP contribution in [-0.4, -0.2) is 14.2 Å². The van der Waals surface area contributed by atoms with Gasteiger partial charge in [0.2, 0.25) is 11.2 Å². The summed E-state index contributed by atoms with van der Waals surface area (Å²) in [6, 6.07) is 12.9. The quantitative estimate of drug-likeness (QED) is 0.654. The third-order valence-electron chi connectivity index (χ3n) is 4.83. The lowest BCUT2D eigenvalue weighted by Gasteiger charge is -2.20. The van der Waals surface area contributed by atoms with Crippen molar-refractivity contribution in [2.24, 2.45) is 0 Å². The van der Waals surface area contributed by atoms with E-state index in [4.69, 9.17) is 21.1 Å². The highest BCUT2D eigenvalue weighted by Crippen LogP contribution is 2.42. The second-order valence-corrected chi connectivity index (χ2v) is 6.41. The maximum atomic E-state index is 6.70. The maximum Gasteiger partial charge on any atom is 0.233 e. The number of ether oxygens (including phenoxy) is 2. The molecule has 0 spiro atoms. The molecule has 0 saturated heterocycles. The number of rotatable bonds is 3. The zero-order valence-electron chi connectivity index (χ0n) is 13.3. The fourth-order valence-electron chi connectivity index (χ4n) is 3.48. The van der Waals surface area contributed by atoms with Crippen molar-refractivity contribution in [2.75, 3.05) is 14.2 Å². The molecule has 3 aliphatic rings. The molecule has 0 radical (unpaired) electrons. The molecule has 118 valence electrons. The standard InChI is InChI=1S/C19H19ClNO2/c1-22-17-10-14-13-8-3-4-9-16(13)21(12-6-5-7-12)19(14)15(20)11-18(17)23-2/h3-4,8-12H,5-7H2,1-2H3/q+1. The van der Waals surface area contributed by atoms with Gasteiger partial charge in [0.25, 0.3) is 0 Å². The minimum Gasteiger partial charge on any atom is -0.493 e. The molecule has 1 heterocycles. The minimum atomic E-state index is 0.522. The van der Waals surface area contributed by atoms with Crippen molar-refractivity contribution in [1.82, 2.24) is 0 Å². The molecule has 1 saturated carbocycles. The van der Waals surface area contributed by atoms with Crippen LogP contribution in [-0.2, 0) is 0 Å². The van der Waals surface area contributed by atoms with Crippen molar-refractivity contribution in [3.63, 3.8) is 0 Å². The molecular formula is C19H19ClNO2+. The Morgan fingerprint density at radius 1 is 1.04 bits per heavy atom. The van der Waals surface area contributed by atoms with Gasteiger partial charge < -0.3 is 9.47 Å². The summed E-state index contributed by atoms with van der Waals surface area (Å²) in [5.74, 6) is 1.35. The Morgan fingerprint density at radius 2 is 1.74 bits per heavy atom. The van der Waals surface area contributed by atoms with E-state index in [2.05, 4.69) is 28.8 Å². The first kappa shape index (κ1) is 14.6. The van der Waals surface area contributed by atoms with Crippen molar-refractivity contribution < 1.29 is 14.0 Å². The Hall–Kier alpha value is -2.00. The number of hydrogen-bond donors (Lipinski definition) is 0. The lowest BCUT2D eigenvalue weighted by atomic mass is 9.92. The monoisotopic (exact) mass is 328 g/mol. The van der Waals surface area contributed by atoms with E-state index in [1.807, 2.05) is 12.1 Å². The van der Waals surface area contributed by atoms with Gasteiger partial charge in [-0.2, -0.15) is 4.57 Å². The van der Waals surface area contributed by atoms with Crippen LogP contribution in [0.3, 0.4) is 0 Å². The number of fused-ring (bicyclic) bond motifs is 3. The lowest BCUT2D eigenvalue weighted by Crippen LogP contribution is -2.43. The van der Waals surface area contributed by atoms with Gasteiger partial charge in [0, 0.05) is 25.0 Å². The average Bonchev–Trinajstić information content (AvgIpc) is 2.75. The van der Waals surface area contributed by atoms with Crippen LogP contribution in [0, 0.1) is 0 Å². The van der Waals surface area contributed by atoms with Gasteiger partial charge in [-0.25, -0.2) is 0 Å². The summed E-state index contributed by atoms with van der Waals surface area (Å²) >= 11 is 6.70. The summed E-state index contributed by atoms with van der Waals surface area (Å²) in [5.41, 5.74) is 3.41. The number of nitrogens with zero attached hydrogens (tertiary/aromatic N) is 1. The predicted molar refractivity (Wildman–Crippen MR) is 91.8 cm³/mol. The Bertz CT molecular complexity index is 858. The number of hydrogen-bond acceptors (Lipinski definition) is 2. The molecule has 0 aromatic heterocycles. The van der Waals surface area contributed by atoms with Crippen molar-refractivity contribution >= 4 is 22.5 Å². The molecule has 0 bridgehead atoms. The Labute approximate surface area is 140 Å². The molecule has 4 rings (SSSR count). The van der Waals surface area contributed by atoms with Gasteiger partial charge in [-0.3, -0.25) is 0 Å². The second-order valence-electron chi connectivity index (χ2n) is 6.01. The third kappa shape index (κ3) is 2.14. The topological polar surface area (TPSA) is 22.3 Å². The third-order valence-corrected chi connectivity index (χ3v) is 5.12. The smallest absolute Gasteiger partial charge is 0.233 e. The Morgan fingerprint density at radius 3 is 2.39 bits per heavy atom. The van der Waals surface area contributed by atoms with Crippen molar-refractivity contribution in [1.29, 1.82) is 0 Å². The molecule has 23 heavy (non-hydrogen) atoms. The number of methoxy groups -OCH3 is 2. The highest BCUT2D eigenvalue weighted by molar-refractivity contribution is 6.33. The van der Waals surface area contributed by atoms with Gasteiger partial charge in [-0.15, -0.1) is 0 Å². The summed E-state index contributed by atoms with van der Waals surface area (Å²) in [4.78, 5) is 0. The van der Waals surface area contributed by atoms with Crippen LogP contribution in [0.5, 0.6) is 11.5 Å². The molecule has 1 aliphatic heterocycles. The molecule has 0 amide bonds. The zero-order chi connectivity index (χ0) is 16.0. The van der Waals surface area contributed by atoms with Gasteiger partial charge in [0.15, 0.2) is 17.5 Å². The van der Waals surface area contributed by atoms with E-state index in [-0.39, 0.29) is 0 Å². The predicted octanol–water partition coefficient (Wildman–Crippen LogP) is 4.63. The number of aromatic nitrogens is 1. The summed E-state index contributed by atoms with van der Waals surface area (Å²) in [7, 11) is 3.29. The Balaban J connectivity index is 2.14. The maximum absolute atomic E-state index is 6.70. The van der Waals surface area contributed by atoms with Gasteiger partial charge in [0.1, 0.15) is 5.02 Å². The summed E-state index contributed by atoms with van der Waals surface area (Å²) in [6.45, 7) is 0. The van der Waals surface area contributed by atoms with Crippen LogP contribution in [0.15, 0.2) is 36.4 Å². The van der Waals surface area contributed by atoms with Gasteiger partial charge >= 0.3 is 0 Å². The highest BCUT2D eigenvalue weighted by atomic mass is 35.5. The fraction of sp³-hybridized carbons (Fsp3) is 0.316. The number of benzene rings is 1. The average molecular weight is 329 g/mol. The first-order valence-corrected chi connectivity index (χ1v) is 8.30. The molecule has 3 nitrogen and oxygen atoms in total. The van der Waals surface area contributed by atoms with Gasteiger partial charge in [-0.1, -0.05) is 23.7 Å². The summed E-state index contributed by atoms with van der Waals surface area (Å²) in [6.07, 6.45) is 3.69. The second kappa shape index (κ2) is 5.57. The van der Waals surface area contributed by atoms with Crippen molar-refractivity contribution in [2.45, 2.75) is 25.3 Å². The van der Waals surface area contributed by atoms with Crippen LogP contribution >= 0.6 is 11.6 Å². The van der Waals surface area contributed by atoms with E-state index in [1.165, 1.54) is 30.2 Å². The van der Waals surface area contributed by atoms with E-state index in [0.717, 1.165) is 11.3 Å². The van der Waals surface area contributed by atoms with Crippen LogP contribution in [0.25, 0.3) is 22.2 Å². The summed E-state index contributed by atoms with van der Waals surface area (Å²) in [5, 5.41) is 1.90. The Kier molecular flexibility index (Phi) is 3.53. The molecule has 2 aliphatic carbocycles. The highest BCUT2D eigenvalue weighted by Gasteiger charge is 2.37. The molecule has 0 atom stereocenters. The van der Waals surface area contributed by atoms with E-state index in [1.54, 1.807) is 14.2 Å². The minimum absolute atomic E-state index is 0.522. The van der Waals surface area contributed by atoms with Crippen LogP contribution in [0.1, 0.15) is 25.3 Å². The fourth-order valence-corrected chi connectivity index (χ4v) is 3.77. The number of para-hydroxylation sites is 1. The van der Waals surface area contributed by atoms with Crippen LogP contribution in [0.4, 0.5) is 0 Å². The molecular weight excluding hydrogens is 310 g/mol. The summed E-state index contributed by atoms with van der Waals surface area (Å²) < 4.78 is 13.4. The molecule has 4 heteroatoms. The first-order chi connectivity index (χ1) is 11.2. The van der Waals surface area contributed by atoms with Crippen LogP contribution in [0.2, 0.25) is 5.02 Å². The van der Waals surface area contributed by atoms with E-state index < -0.39 is 0 Å². The molecule has 0 N–H and O–H groups in total. The molecule has 1 aromatic rings. The van der Waals surface area contributed by atoms with Crippen molar-refractivity contribution in [3.8, 4) is 22.8 Å². The normalized spacial score (nSPS) is 14.9. The van der Waals surface area contributed by atoms with E-state index >= 15 is 0 Å². The number of halogens is 1. The lowest BCUT2D eigenvalue weighted by molar-refractivity contribution is -0.696. The van der Waals surface area contributed by atoms with E-state index in [9.17, 15) is 0 Å². The molecule has 1 aromatic carbocycles. The SMILES string of the molecule is COc1cc(Cl)c2[n+](C3CCC3)c3ccccc3c-2cc1OC. The van der Waals surface area contributed by atoms with Gasteiger partial charge in [-0.05, 0) is 18.6 Å². The zero-order valence-corrected chi connectivity index (χ0v) is 14.1. The largest absolute Gasteiger partial charge is 0.493 e. The van der Waals surface area contributed by atoms with E-state index in [0.29, 0.717) is 22.6 Å². The molecule has 0 unspecified atom stereocenters. The van der Waals surface area contributed by atoms with Gasteiger partial charge in [0.05, 0.1) is 25.2 Å². The van der Waals surface area contributed by atoms with Crippen molar-refractivity contribution in [3.05, 3.63) is 41.4 Å². The van der Waals surface area contributed by atoms with Crippen LogP contribution < -0.4 is 14.0 Å². The first-order valence-electron chi connectivity index (χ1n) is 7.92.